The number of rotatable bonds is 5. The Bertz CT molecular complexity index is 497. The second-order valence-corrected chi connectivity index (χ2v) is 3.60. The Labute approximate surface area is 97.9 Å². The molecular formula is C9H15N7O. The Hall–Kier alpha value is -1.93. The third-order valence-electron chi connectivity index (χ3n) is 2.40. The SMILES string of the molecule is COC(C)CNc1nc(NN)nc2[nH]ncc12. The van der Waals surface area contributed by atoms with Crippen molar-refractivity contribution in [3.8, 4) is 0 Å². The lowest BCUT2D eigenvalue weighted by molar-refractivity contribution is 0.128. The van der Waals surface area contributed by atoms with Crippen molar-refractivity contribution in [2.45, 2.75) is 13.0 Å². The van der Waals surface area contributed by atoms with Gasteiger partial charge in [-0.2, -0.15) is 15.1 Å². The summed E-state index contributed by atoms with van der Waals surface area (Å²) in [5, 5.41) is 10.7. The summed E-state index contributed by atoms with van der Waals surface area (Å²) in [4.78, 5) is 8.35. The molecule has 1 unspecified atom stereocenters. The van der Waals surface area contributed by atoms with E-state index in [1.54, 1.807) is 13.3 Å². The number of hydrogen-bond donors (Lipinski definition) is 4. The summed E-state index contributed by atoms with van der Waals surface area (Å²) in [6.07, 6.45) is 1.75. The van der Waals surface area contributed by atoms with Gasteiger partial charge in [0.25, 0.3) is 0 Å². The van der Waals surface area contributed by atoms with Gasteiger partial charge in [-0.15, -0.1) is 0 Å². The number of aromatic nitrogens is 4. The molecule has 8 nitrogen and oxygen atoms in total. The smallest absolute Gasteiger partial charge is 0.241 e. The molecule has 0 saturated heterocycles. The number of hydrogen-bond acceptors (Lipinski definition) is 7. The van der Waals surface area contributed by atoms with Gasteiger partial charge >= 0.3 is 0 Å². The molecule has 2 aromatic rings. The van der Waals surface area contributed by atoms with E-state index in [9.17, 15) is 0 Å². The van der Waals surface area contributed by atoms with Crippen LogP contribution in [0.3, 0.4) is 0 Å². The fourth-order valence-electron chi connectivity index (χ4n) is 1.36. The number of ether oxygens (including phenoxy) is 1. The van der Waals surface area contributed by atoms with Crippen molar-refractivity contribution in [2.24, 2.45) is 5.84 Å². The lowest BCUT2D eigenvalue weighted by atomic mass is 10.3. The van der Waals surface area contributed by atoms with Gasteiger partial charge in [0.1, 0.15) is 5.82 Å². The predicted octanol–water partition coefficient (Wildman–Crippen LogP) is 0.0853. The first kappa shape index (κ1) is 11.6. The van der Waals surface area contributed by atoms with E-state index >= 15 is 0 Å². The summed E-state index contributed by atoms with van der Waals surface area (Å²) < 4.78 is 5.15. The van der Waals surface area contributed by atoms with Crippen molar-refractivity contribution in [1.82, 2.24) is 20.2 Å². The van der Waals surface area contributed by atoms with Gasteiger partial charge in [0.05, 0.1) is 17.7 Å². The zero-order valence-corrected chi connectivity index (χ0v) is 9.69. The van der Waals surface area contributed by atoms with Crippen LogP contribution in [0.1, 0.15) is 6.92 Å². The number of H-pyrrole nitrogens is 1. The van der Waals surface area contributed by atoms with Crippen LogP contribution < -0.4 is 16.6 Å². The maximum absolute atomic E-state index is 5.30. The number of anilines is 2. The van der Waals surface area contributed by atoms with Gasteiger partial charge in [-0.3, -0.25) is 10.5 Å². The molecule has 0 bridgehead atoms. The molecule has 17 heavy (non-hydrogen) atoms. The molecule has 0 spiro atoms. The van der Waals surface area contributed by atoms with E-state index in [0.29, 0.717) is 24.0 Å². The Morgan fingerprint density at radius 3 is 3.06 bits per heavy atom. The zero-order valence-electron chi connectivity index (χ0n) is 9.69. The van der Waals surface area contributed by atoms with Crippen LogP contribution in [-0.4, -0.2) is 39.9 Å². The average Bonchev–Trinajstić information content (AvgIpc) is 2.83. The van der Waals surface area contributed by atoms with Crippen LogP contribution in [0.4, 0.5) is 11.8 Å². The third-order valence-corrected chi connectivity index (χ3v) is 2.40. The Morgan fingerprint density at radius 1 is 1.53 bits per heavy atom. The van der Waals surface area contributed by atoms with E-state index < -0.39 is 0 Å². The second kappa shape index (κ2) is 4.93. The molecule has 2 aromatic heterocycles. The first-order chi connectivity index (χ1) is 8.24. The highest BCUT2D eigenvalue weighted by Crippen LogP contribution is 2.19. The van der Waals surface area contributed by atoms with Crippen LogP contribution in [0.15, 0.2) is 6.20 Å². The van der Waals surface area contributed by atoms with Crippen molar-refractivity contribution >= 4 is 22.8 Å². The molecule has 5 N–H and O–H groups in total. The minimum atomic E-state index is 0.0844. The van der Waals surface area contributed by atoms with Crippen molar-refractivity contribution in [2.75, 3.05) is 24.4 Å². The molecule has 0 saturated carbocycles. The number of nitrogens with two attached hydrogens (primary N) is 1. The standard InChI is InChI=1S/C9H15N7O/c1-5(17-2)3-11-7-6-4-12-16-8(6)14-9(13-7)15-10/h4-5H,3,10H2,1-2H3,(H3,11,12,13,14,15,16). The lowest BCUT2D eigenvalue weighted by Gasteiger charge is -2.12. The summed E-state index contributed by atoms with van der Waals surface area (Å²) in [6.45, 7) is 2.60. The van der Waals surface area contributed by atoms with Gasteiger partial charge in [0, 0.05) is 13.7 Å². The van der Waals surface area contributed by atoms with E-state index in [4.69, 9.17) is 10.6 Å². The molecule has 0 fully saturated rings. The number of aromatic amines is 1. The highest BCUT2D eigenvalue weighted by molar-refractivity contribution is 5.86. The monoisotopic (exact) mass is 237 g/mol. The van der Waals surface area contributed by atoms with Crippen LogP contribution in [0.25, 0.3) is 11.0 Å². The van der Waals surface area contributed by atoms with Crippen LogP contribution in [-0.2, 0) is 4.74 Å². The maximum atomic E-state index is 5.30. The van der Waals surface area contributed by atoms with Crippen molar-refractivity contribution in [3.63, 3.8) is 0 Å². The van der Waals surface area contributed by atoms with Crippen LogP contribution in [0.2, 0.25) is 0 Å². The van der Waals surface area contributed by atoms with E-state index in [2.05, 4.69) is 30.9 Å². The summed E-state index contributed by atoms with van der Waals surface area (Å²) in [5.41, 5.74) is 3.04. The zero-order chi connectivity index (χ0) is 12.3. The number of nitrogens with one attached hydrogen (secondary N) is 3. The maximum Gasteiger partial charge on any atom is 0.241 e. The first-order valence-electron chi connectivity index (χ1n) is 5.19. The highest BCUT2D eigenvalue weighted by atomic mass is 16.5. The molecule has 1 atom stereocenters. The number of nitrogen functional groups attached to an aromatic ring is 1. The van der Waals surface area contributed by atoms with Gasteiger partial charge in [0.15, 0.2) is 5.65 Å². The van der Waals surface area contributed by atoms with Crippen molar-refractivity contribution < 1.29 is 4.74 Å². The minimum Gasteiger partial charge on any atom is -0.380 e. The van der Waals surface area contributed by atoms with Gasteiger partial charge in [-0.25, -0.2) is 5.84 Å². The van der Waals surface area contributed by atoms with Crippen molar-refractivity contribution in [1.29, 1.82) is 0 Å². The fraction of sp³-hybridized carbons (Fsp3) is 0.444. The highest BCUT2D eigenvalue weighted by Gasteiger charge is 2.09. The molecule has 0 amide bonds. The summed E-state index contributed by atoms with van der Waals surface area (Å²) in [6, 6.07) is 0. The fourth-order valence-corrected chi connectivity index (χ4v) is 1.36. The number of hydrazine groups is 1. The van der Waals surface area contributed by atoms with Crippen LogP contribution >= 0.6 is 0 Å². The van der Waals surface area contributed by atoms with Gasteiger partial charge in [0.2, 0.25) is 5.95 Å². The van der Waals surface area contributed by atoms with Gasteiger partial charge < -0.3 is 10.1 Å². The average molecular weight is 237 g/mol. The molecule has 8 heteroatoms. The van der Waals surface area contributed by atoms with Gasteiger partial charge in [-0.1, -0.05) is 0 Å². The van der Waals surface area contributed by atoms with Crippen molar-refractivity contribution in [3.05, 3.63) is 6.20 Å². The molecule has 0 aliphatic heterocycles. The number of methoxy groups -OCH3 is 1. The van der Waals surface area contributed by atoms with E-state index in [-0.39, 0.29) is 6.10 Å². The second-order valence-electron chi connectivity index (χ2n) is 3.60. The summed E-state index contributed by atoms with van der Waals surface area (Å²) >= 11 is 0. The molecule has 2 rings (SSSR count). The largest absolute Gasteiger partial charge is 0.380 e. The molecule has 0 aliphatic rings. The summed E-state index contributed by atoms with van der Waals surface area (Å²) in [5.74, 6) is 6.29. The van der Waals surface area contributed by atoms with Gasteiger partial charge in [-0.05, 0) is 6.92 Å². The third kappa shape index (κ3) is 2.43. The molecule has 0 aromatic carbocycles. The van der Waals surface area contributed by atoms with E-state index in [0.717, 1.165) is 5.39 Å². The van der Waals surface area contributed by atoms with Crippen LogP contribution in [0.5, 0.6) is 0 Å². The predicted molar refractivity (Wildman–Crippen MR) is 64.5 cm³/mol. The lowest BCUT2D eigenvalue weighted by Crippen LogP contribution is -2.19. The Morgan fingerprint density at radius 2 is 2.35 bits per heavy atom. The Balaban J connectivity index is 2.27. The minimum absolute atomic E-state index is 0.0844. The normalized spacial score (nSPS) is 12.6. The quantitative estimate of drug-likeness (QED) is 0.430. The van der Waals surface area contributed by atoms with Crippen LogP contribution in [0, 0.1) is 0 Å². The molecule has 0 aliphatic carbocycles. The topological polar surface area (TPSA) is 114 Å². The first-order valence-corrected chi connectivity index (χ1v) is 5.19. The molecule has 2 heterocycles. The number of nitrogens with zero attached hydrogens (tertiary/aromatic N) is 3. The number of fused-ring (bicyclic) bond motifs is 1. The summed E-state index contributed by atoms with van der Waals surface area (Å²) in [7, 11) is 1.66. The molecule has 92 valence electrons. The van der Waals surface area contributed by atoms with E-state index in [1.807, 2.05) is 6.92 Å². The Kier molecular flexibility index (Phi) is 3.35. The molecule has 0 radical (unpaired) electrons. The molecular weight excluding hydrogens is 222 g/mol. The van der Waals surface area contributed by atoms with E-state index in [1.165, 1.54) is 0 Å².